The Morgan fingerprint density at radius 3 is 2.75 bits per heavy atom. The third-order valence-corrected chi connectivity index (χ3v) is 6.15. The fourth-order valence-electron chi connectivity index (χ4n) is 2.92. The zero-order chi connectivity index (χ0) is 20.4. The fourth-order valence-corrected chi connectivity index (χ4v) is 4.47. The molecule has 1 aliphatic heterocycles. The Kier molecular flexibility index (Phi) is 5.58. The van der Waals surface area contributed by atoms with E-state index in [1.165, 1.54) is 18.3 Å². The van der Waals surface area contributed by atoms with Gasteiger partial charge in [-0.25, -0.2) is 13.4 Å². The van der Waals surface area contributed by atoms with Gasteiger partial charge in [-0.3, -0.25) is 0 Å². The molecule has 1 aromatic carbocycles. The summed E-state index contributed by atoms with van der Waals surface area (Å²) in [5.41, 5.74) is -0.662. The van der Waals surface area contributed by atoms with Gasteiger partial charge in [0, 0.05) is 18.8 Å². The number of nitrogens with zero attached hydrogens (tertiary/aromatic N) is 3. The fraction of sp³-hybridized carbons (Fsp3) is 0.333. The van der Waals surface area contributed by atoms with Crippen molar-refractivity contribution in [1.82, 2.24) is 9.29 Å². The van der Waals surface area contributed by atoms with Crippen molar-refractivity contribution in [3.63, 3.8) is 0 Å². The summed E-state index contributed by atoms with van der Waals surface area (Å²) in [6, 6.07) is 8.60. The lowest BCUT2D eigenvalue weighted by Gasteiger charge is -2.32. The molecule has 0 radical (unpaired) electrons. The molecule has 1 aromatic heterocycles. The largest absolute Gasteiger partial charge is 0.473 e. The smallest absolute Gasteiger partial charge is 0.416 e. The number of rotatable bonds is 4. The highest BCUT2D eigenvalue weighted by Gasteiger charge is 2.35. The number of nitriles is 1. The lowest BCUT2D eigenvalue weighted by atomic mass is 10.1. The Bertz CT molecular complexity index is 1000. The number of sulfonamides is 1. The van der Waals surface area contributed by atoms with Crippen LogP contribution >= 0.6 is 0 Å². The molecule has 0 spiro atoms. The minimum atomic E-state index is -4.63. The Morgan fingerprint density at radius 1 is 1.25 bits per heavy atom. The molecule has 1 saturated heterocycles. The van der Waals surface area contributed by atoms with Crippen molar-refractivity contribution < 1.29 is 26.3 Å². The summed E-state index contributed by atoms with van der Waals surface area (Å²) in [5.74, 6) is 0.197. The van der Waals surface area contributed by atoms with Crippen LogP contribution in [0.15, 0.2) is 47.5 Å². The number of ether oxygens (including phenoxy) is 1. The van der Waals surface area contributed by atoms with Gasteiger partial charge >= 0.3 is 6.18 Å². The molecule has 0 bridgehead atoms. The lowest BCUT2D eigenvalue weighted by Crippen LogP contribution is -2.44. The van der Waals surface area contributed by atoms with Crippen molar-refractivity contribution in [2.24, 2.45) is 0 Å². The summed E-state index contributed by atoms with van der Waals surface area (Å²) in [5, 5.41) is 8.92. The van der Waals surface area contributed by atoms with E-state index in [2.05, 4.69) is 4.98 Å². The van der Waals surface area contributed by atoms with E-state index in [9.17, 15) is 21.6 Å². The third-order valence-electron chi connectivity index (χ3n) is 4.29. The maximum Gasteiger partial charge on any atom is 0.416 e. The van der Waals surface area contributed by atoms with Crippen LogP contribution in [0.2, 0.25) is 0 Å². The second-order valence-corrected chi connectivity index (χ2v) is 8.20. The molecule has 10 heteroatoms. The summed E-state index contributed by atoms with van der Waals surface area (Å²) in [7, 11) is -4.10. The van der Waals surface area contributed by atoms with Crippen LogP contribution in [-0.2, 0) is 16.2 Å². The summed E-state index contributed by atoms with van der Waals surface area (Å²) in [6.45, 7) is 0.168. The zero-order valence-electron chi connectivity index (χ0n) is 14.6. The number of piperidine rings is 1. The van der Waals surface area contributed by atoms with Gasteiger partial charge in [0.05, 0.1) is 28.6 Å². The Balaban J connectivity index is 1.78. The molecule has 148 valence electrons. The predicted octanol–water partition coefficient (Wildman–Crippen LogP) is 3.20. The molecule has 1 unspecified atom stereocenters. The van der Waals surface area contributed by atoms with E-state index in [0.717, 1.165) is 22.5 Å². The normalized spacial score (nSPS) is 18.4. The average molecular weight is 411 g/mol. The zero-order valence-corrected chi connectivity index (χ0v) is 15.4. The van der Waals surface area contributed by atoms with Crippen molar-refractivity contribution in [3.8, 4) is 11.9 Å². The molecule has 2 heterocycles. The molecule has 6 nitrogen and oxygen atoms in total. The third kappa shape index (κ3) is 4.43. The molecule has 1 aliphatic rings. The molecule has 0 aliphatic carbocycles. The van der Waals surface area contributed by atoms with Crippen LogP contribution in [0.3, 0.4) is 0 Å². The molecular formula is C18H16F3N3O3S. The van der Waals surface area contributed by atoms with Crippen molar-refractivity contribution in [2.45, 2.75) is 30.0 Å². The quantitative estimate of drug-likeness (QED) is 0.772. The first-order valence-electron chi connectivity index (χ1n) is 8.40. The van der Waals surface area contributed by atoms with Crippen molar-refractivity contribution >= 4 is 10.0 Å². The van der Waals surface area contributed by atoms with E-state index >= 15 is 0 Å². The number of benzene rings is 1. The summed E-state index contributed by atoms with van der Waals surface area (Å²) < 4.78 is 71.1. The monoisotopic (exact) mass is 411 g/mol. The minimum absolute atomic E-state index is 0.0168. The number of hydrogen-bond acceptors (Lipinski definition) is 5. The van der Waals surface area contributed by atoms with Gasteiger partial charge < -0.3 is 4.74 Å². The van der Waals surface area contributed by atoms with Crippen LogP contribution in [0, 0.1) is 11.3 Å². The van der Waals surface area contributed by atoms with Crippen molar-refractivity contribution in [3.05, 3.63) is 53.7 Å². The highest BCUT2D eigenvalue weighted by Crippen LogP contribution is 2.31. The van der Waals surface area contributed by atoms with Crippen LogP contribution in [0.4, 0.5) is 13.2 Å². The lowest BCUT2D eigenvalue weighted by molar-refractivity contribution is -0.137. The molecule has 3 rings (SSSR count). The standard InChI is InChI=1S/C18H16F3N3O3S/c19-18(20,21)14-3-1-5-16(10-14)28(25,26)24-8-2-4-15(12-24)27-17-9-13(11-22)6-7-23-17/h1,3,5-7,9-10,15H,2,4,8,12H2. The first-order chi connectivity index (χ1) is 13.2. The first-order valence-corrected chi connectivity index (χ1v) is 9.84. The molecule has 0 amide bonds. The first kappa shape index (κ1) is 20.1. The van der Waals surface area contributed by atoms with E-state index in [4.69, 9.17) is 10.00 Å². The number of aromatic nitrogens is 1. The second kappa shape index (κ2) is 7.77. The number of pyridine rings is 1. The van der Waals surface area contributed by atoms with Gasteiger partial charge in [0.1, 0.15) is 6.10 Å². The van der Waals surface area contributed by atoms with Gasteiger partial charge in [-0.05, 0) is 37.1 Å². The molecule has 2 aromatic rings. The molecular weight excluding hydrogens is 395 g/mol. The van der Waals surface area contributed by atoms with Crippen LogP contribution in [0.1, 0.15) is 24.0 Å². The average Bonchev–Trinajstić information content (AvgIpc) is 2.68. The second-order valence-electron chi connectivity index (χ2n) is 6.27. The molecule has 0 N–H and O–H groups in total. The number of alkyl halides is 3. The van der Waals surface area contributed by atoms with Gasteiger partial charge in [-0.1, -0.05) is 6.07 Å². The summed E-state index contributed by atoms with van der Waals surface area (Å²) >= 11 is 0. The summed E-state index contributed by atoms with van der Waals surface area (Å²) in [4.78, 5) is 3.59. The van der Waals surface area contributed by atoms with E-state index in [0.29, 0.717) is 24.5 Å². The SMILES string of the molecule is N#Cc1ccnc(OC2CCCN(S(=O)(=O)c3cccc(C(F)(F)F)c3)C2)c1. The van der Waals surface area contributed by atoms with E-state index in [1.807, 2.05) is 6.07 Å². The van der Waals surface area contributed by atoms with E-state index < -0.39 is 32.8 Å². The maximum absolute atomic E-state index is 12.9. The highest BCUT2D eigenvalue weighted by atomic mass is 32.2. The molecule has 1 atom stereocenters. The van der Waals surface area contributed by atoms with Gasteiger partial charge in [0.15, 0.2) is 0 Å². The van der Waals surface area contributed by atoms with E-state index in [1.54, 1.807) is 0 Å². The van der Waals surface area contributed by atoms with Crippen LogP contribution in [0.5, 0.6) is 5.88 Å². The minimum Gasteiger partial charge on any atom is -0.473 e. The van der Waals surface area contributed by atoms with Gasteiger partial charge in [-0.2, -0.15) is 22.7 Å². The molecule has 0 saturated carbocycles. The maximum atomic E-state index is 12.9. The predicted molar refractivity (Wildman–Crippen MR) is 92.8 cm³/mol. The van der Waals surface area contributed by atoms with Gasteiger partial charge in [0.25, 0.3) is 0 Å². The van der Waals surface area contributed by atoms with E-state index in [-0.39, 0.29) is 19.0 Å². The molecule has 1 fully saturated rings. The van der Waals surface area contributed by atoms with Gasteiger partial charge in [0.2, 0.25) is 15.9 Å². The van der Waals surface area contributed by atoms with Crippen LogP contribution in [0.25, 0.3) is 0 Å². The number of halogens is 3. The topological polar surface area (TPSA) is 83.3 Å². The highest BCUT2D eigenvalue weighted by molar-refractivity contribution is 7.89. The van der Waals surface area contributed by atoms with Crippen LogP contribution in [-0.4, -0.2) is 36.9 Å². The van der Waals surface area contributed by atoms with Crippen molar-refractivity contribution in [2.75, 3.05) is 13.1 Å². The number of hydrogen-bond donors (Lipinski definition) is 0. The summed E-state index contributed by atoms with van der Waals surface area (Å²) in [6.07, 6.45) is -2.69. The Hall–Kier alpha value is -2.64. The Morgan fingerprint density at radius 2 is 2.04 bits per heavy atom. The van der Waals surface area contributed by atoms with Crippen LogP contribution < -0.4 is 4.74 Å². The molecule has 28 heavy (non-hydrogen) atoms. The van der Waals surface area contributed by atoms with Gasteiger partial charge in [-0.15, -0.1) is 0 Å². The Labute approximate surface area is 160 Å². The van der Waals surface area contributed by atoms with Crippen molar-refractivity contribution in [1.29, 1.82) is 5.26 Å².